The lowest BCUT2D eigenvalue weighted by atomic mass is 9.84. The van der Waals surface area contributed by atoms with Crippen LogP contribution >= 0.6 is 0 Å². The fourth-order valence-electron chi connectivity index (χ4n) is 3.80. The van der Waals surface area contributed by atoms with Crippen LogP contribution in [0.15, 0.2) is 27.8 Å². The highest BCUT2D eigenvalue weighted by molar-refractivity contribution is 5.79. The Balaban J connectivity index is 1.47. The molecule has 29 heavy (non-hydrogen) atoms. The van der Waals surface area contributed by atoms with Crippen LogP contribution in [0.3, 0.4) is 0 Å². The molecule has 164 valence electrons. The Labute approximate surface area is 173 Å². The van der Waals surface area contributed by atoms with E-state index >= 15 is 0 Å². The molecular formula is C21H36N4O4. The Bertz CT molecular complexity index is 582. The summed E-state index contributed by atoms with van der Waals surface area (Å²) in [6.45, 7) is 8.67. The third kappa shape index (κ3) is 7.62. The number of aliphatic imine (C=N–C) groups is 1. The van der Waals surface area contributed by atoms with Crippen LogP contribution in [0.25, 0.3) is 0 Å². The monoisotopic (exact) mass is 408 g/mol. The number of ether oxygens (including phenoxy) is 2. The molecule has 2 aliphatic rings. The van der Waals surface area contributed by atoms with Gasteiger partial charge >= 0.3 is 0 Å². The van der Waals surface area contributed by atoms with Crippen molar-refractivity contribution in [3.05, 3.63) is 24.2 Å². The third-order valence-electron chi connectivity index (χ3n) is 5.69. The van der Waals surface area contributed by atoms with Crippen molar-refractivity contribution in [1.29, 1.82) is 0 Å². The van der Waals surface area contributed by atoms with Crippen molar-refractivity contribution in [2.45, 2.75) is 25.7 Å². The average Bonchev–Trinajstić information content (AvgIpc) is 3.43. The van der Waals surface area contributed by atoms with Crippen LogP contribution < -0.4 is 10.6 Å². The molecule has 0 radical (unpaired) electrons. The summed E-state index contributed by atoms with van der Waals surface area (Å²) in [7, 11) is 0. The van der Waals surface area contributed by atoms with E-state index in [9.17, 15) is 5.11 Å². The van der Waals surface area contributed by atoms with Crippen LogP contribution in [0, 0.1) is 5.41 Å². The van der Waals surface area contributed by atoms with Crippen LogP contribution in [0.4, 0.5) is 0 Å². The Morgan fingerprint density at radius 2 is 2.03 bits per heavy atom. The van der Waals surface area contributed by atoms with Gasteiger partial charge in [-0.3, -0.25) is 9.89 Å². The molecule has 1 unspecified atom stereocenters. The zero-order chi connectivity index (χ0) is 20.2. The quantitative estimate of drug-likeness (QED) is 0.284. The summed E-state index contributed by atoms with van der Waals surface area (Å²) in [6.07, 6.45) is 5.25. The van der Waals surface area contributed by atoms with Crippen molar-refractivity contribution < 1.29 is 19.0 Å². The molecule has 3 N–H and O–H groups in total. The van der Waals surface area contributed by atoms with Gasteiger partial charge in [0.05, 0.1) is 32.6 Å². The van der Waals surface area contributed by atoms with E-state index < -0.39 is 0 Å². The minimum absolute atomic E-state index is 0.0435. The Morgan fingerprint density at radius 3 is 2.76 bits per heavy atom. The van der Waals surface area contributed by atoms with Gasteiger partial charge in [0.2, 0.25) is 0 Å². The lowest BCUT2D eigenvalue weighted by Crippen LogP contribution is -2.42. The van der Waals surface area contributed by atoms with Crippen molar-refractivity contribution in [3.63, 3.8) is 0 Å². The number of hydrogen-bond donors (Lipinski definition) is 3. The van der Waals surface area contributed by atoms with Crippen molar-refractivity contribution in [3.8, 4) is 0 Å². The Kier molecular flexibility index (Phi) is 9.27. The van der Waals surface area contributed by atoms with Gasteiger partial charge in [-0.25, -0.2) is 0 Å². The molecule has 1 atom stereocenters. The molecular weight excluding hydrogens is 372 g/mol. The first-order chi connectivity index (χ1) is 14.3. The average molecular weight is 409 g/mol. The van der Waals surface area contributed by atoms with Gasteiger partial charge in [-0.1, -0.05) is 0 Å². The van der Waals surface area contributed by atoms with Gasteiger partial charge in [0.15, 0.2) is 5.96 Å². The van der Waals surface area contributed by atoms with Crippen LogP contribution in [0.1, 0.15) is 25.0 Å². The van der Waals surface area contributed by atoms with Crippen molar-refractivity contribution in [2.75, 3.05) is 72.3 Å². The second kappa shape index (κ2) is 12.2. The van der Waals surface area contributed by atoms with E-state index in [0.717, 1.165) is 89.9 Å². The van der Waals surface area contributed by atoms with Gasteiger partial charge in [0.1, 0.15) is 5.76 Å². The normalized spacial score (nSPS) is 23.4. The van der Waals surface area contributed by atoms with E-state index in [1.165, 1.54) is 0 Å². The maximum Gasteiger partial charge on any atom is 0.191 e. The molecule has 1 aromatic rings. The smallest absolute Gasteiger partial charge is 0.191 e. The molecule has 0 spiro atoms. The summed E-state index contributed by atoms with van der Waals surface area (Å²) in [5.41, 5.74) is -0.0435. The summed E-state index contributed by atoms with van der Waals surface area (Å²) >= 11 is 0. The molecule has 0 bridgehead atoms. The SMILES string of the molecule is OCCC1(CN=C(NCCCN2CCOCC2)NCCc2ccco2)CCOC1. The van der Waals surface area contributed by atoms with Gasteiger partial charge < -0.3 is 29.6 Å². The van der Waals surface area contributed by atoms with Crippen LogP contribution in [-0.4, -0.2) is 88.3 Å². The molecule has 8 nitrogen and oxygen atoms in total. The predicted molar refractivity (Wildman–Crippen MR) is 112 cm³/mol. The number of hydrogen-bond acceptors (Lipinski definition) is 6. The minimum atomic E-state index is -0.0435. The highest BCUT2D eigenvalue weighted by Gasteiger charge is 2.34. The number of furan rings is 1. The second-order valence-corrected chi connectivity index (χ2v) is 7.93. The van der Waals surface area contributed by atoms with E-state index in [2.05, 4.69) is 15.5 Å². The van der Waals surface area contributed by atoms with Gasteiger partial charge in [0.25, 0.3) is 0 Å². The standard InChI is InChI=1S/C21H36N4O4/c26-12-5-21(6-14-28-18-21)17-24-20(23-8-4-19-3-1-13-29-19)22-7-2-9-25-10-15-27-16-11-25/h1,3,13,26H,2,4-12,14-18H2,(H2,22,23,24). The lowest BCUT2D eigenvalue weighted by molar-refractivity contribution is 0.0376. The van der Waals surface area contributed by atoms with Crippen LogP contribution in [-0.2, 0) is 15.9 Å². The Morgan fingerprint density at radius 1 is 1.17 bits per heavy atom. The number of aliphatic hydroxyl groups is 1. The summed E-state index contributed by atoms with van der Waals surface area (Å²) in [4.78, 5) is 7.28. The number of nitrogens with one attached hydrogen (secondary N) is 2. The van der Waals surface area contributed by atoms with E-state index in [0.29, 0.717) is 13.2 Å². The molecule has 3 rings (SSSR count). The van der Waals surface area contributed by atoms with Crippen LogP contribution in [0.5, 0.6) is 0 Å². The highest BCUT2D eigenvalue weighted by atomic mass is 16.5. The van der Waals surface area contributed by atoms with Gasteiger partial charge in [-0.2, -0.15) is 0 Å². The Hall–Kier alpha value is -1.61. The molecule has 0 aromatic carbocycles. The number of nitrogens with zero attached hydrogens (tertiary/aromatic N) is 2. The summed E-state index contributed by atoms with van der Waals surface area (Å²) in [5.74, 6) is 1.79. The summed E-state index contributed by atoms with van der Waals surface area (Å²) in [6, 6.07) is 3.90. The van der Waals surface area contributed by atoms with Gasteiger partial charge in [-0.15, -0.1) is 0 Å². The third-order valence-corrected chi connectivity index (χ3v) is 5.69. The number of rotatable bonds is 11. The van der Waals surface area contributed by atoms with Crippen molar-refractivity contribution in [2.24, 2.45) is 10.4 Å². The van der Waals surface area contributed by atoms with Crippen molar-refractivity contribution in [1.82, 2.24) is 15.5 Å². The molecule has 2 fully saturated rings. The van der Waals surface area contributed by atoms with Crippen LogP contribution in [0.2, 0.25) is 0 Å². The summed E-state index contributed by atoms with van der Waals surface area (Å²) in [5, 5.41) is 16.3. The molecule has 3 heterocycles. The molecule has 2 aliphatic heterocycles. The predicted octanol–water partition coefficient (Wildman–Crippen LogP) is 0.869. The van der Waals surface area contributed by atoms with E-state index in [1.54, 1.807) is 6.26 Å². The first kappa shape index (κ1) is 22.1. The van der Waals surface area contributed by atoms with Gasteiger partial charge in [-0.05, 0) is 37.9 Å². The molecule has 2 saturated heterocycles. The maximum absolute atomic E-state index is 9.44. The zero-order valence-corrected chi connectivity index (χ0v) is 17.4. The first-order valence-electron chi connectivity index (χ1n) is 10.8. The van der Waals surface area contributed by atoms with E-state index in [1.807, 2.05) is 12.1 Å². The molecule has 0 aliphatic carbocycles. The fraction of sp³-hybridized carbons (Fsp3) is 0.762. The number of aliphatic hydroxyl groups excluding tert-OH is 1. The largest absolute Gasteiger partial charge is 0.469 e. The number of guanidine groups is 1. The topological polar surface area (TPSA) is 91.5 Å². The second-order valence-electron chi connectivity index (χ2n) is 7.93. The van der Waals surface area contributed by atoms with Crippen molar-refractivity contribution >= 4 is 5.96 Å². The maximum atomic E-state index is 9.44. The first-order valence-corrected chi connectivity index (χ1v) is 10.8. The molecule has 8 heteroatoms. The molecule has 0 amide bonds. The van der Waals surface area contributed by atoms with E-state index in [-0.39, 0.29) is 12.0 Å². The molecule has 1 aromatic heterocycles. The number of morpholine rings is 1. The van der Waals surface area contributed by atoms with E-state index in [4.69, 9.17) is 18.9 Å². The zero-order valence-electron chi connectivity index (χ0n) is 17.4. The summed E-state index contributed by atoms with van der Waals surface area (Å²) < 4.78 is 16.4. The lowest BCUT2D eigenvalue weighted by Gasteiger charge is -2.27. The fourth-order valence-corrected chi connectivity index (χ4v) is 3.80. The highest BCUT2D eigenvalue weighted by Crippen LogP contribution is 2.32. The minimum Gasteiger partial charge on any atom is -0.469 e. The molecule has 0 saturated carbocycles. The van der Waals surface area contributed by atoms with Gasteiger partial charge in [0, 0.05) is 51.2 Å².